The van der Waals surface area contributed by atoms with Gasteiger partial charge in [0, 0.05) is 0 Å². The number of amides is 2. The van der Waals surface area contributed by atoms with E-state index in [4.69, 9.17) is 10.5 Å². The molecule has 0 spiro atoms. The monoisotopic (exact) mass is 306 g/mol. The van der Waals surface area contributed by atoms with Crippen molar-refractivity contribution in [2.45, 2.75) is 32.7 Å². The average molecular weight is 306 g/mol. The van der Waals surface area contributed by atoms with Crippen molar-refractivity contribution in [3.05, 3.63) is 35.9 Å². The van der Waals surface area contributed by atoms with Crippen LogP contribution in [-0.2, 0) is 25.5 Å². The molecular weight excluding hydrogens is 284 g/mol. The second-order valence-electron chi connectivity index (χ2n) is 5.10. The molecule has 6 nitrogen and oxygen atoms in total. The first kappa shape index (κ1) is 17.7. The highest BCUT2D eigenvalue weighted by atomic mass is 16.5. The molecule has 0 unspecified atom stereocenters. The van der Waals surface area contributed by atoms with E-state index in [1.807, 2.05) is 30.3 Å². The molecule has 0 fully saturated rings. The van der Waals surface area contributed by atoms with E-state index >= 15 is 0 Å². The number of ether oxygens (including phenoxy) is 1. The summed E-state index contributed by atoms with van der Waals surface area (Å²) in [7, 11) is 0. The summed E-state index contributed by atoms with van der Waals surface area (Å²) in [6.45, 7) is 3.65. The second-order valence-corrected chi connectivity index (χ2v) is 5.10. The third kappa shape index (κ3) is 5.95. The molecule has 0 saturated heterocycles. The Labute approximate surface area is 130 Å². The number of carbonyl (C=O) groups excluding carboxylic acids is 3. The fourth-order valence-electron chi connectivity index (χ4n) is 2.10. The lowest BCUT2D eigenvalue weighted by atomic mass is 9.97. The molecule has 0 aliphatic carbocycles. The maximum absolute atomic E-state index is 12.0. The molecule has 22 heavy (non-hydrogen) atoms. The van der Waals surface area contributed by atoms with E-state index in [1.165, 1.54) is 0 Å². The van der Waals surface area contributed by atoms with Gasteiger partial charge in [-0.15, -0.1) is 0 Å². The lowest BCUT2D eigenvalue weighted by Crippen LogP contribution is -2.49. The van der Waals surface area contributed by atoms with Gasteiger partial charge in [0.05, 0.1) is 19.4 Å². The predicted octanol–water partition coefficient (Wildman–Crippen LogP) is 0.788. The van der Waals surface area contributed by atoms with E-state index in [9.17, 15) is 14.4 Å². The highest BCUT2D eigenvalue weighted by Gasteiger charge is 2.27. The van der Waals surface area contributed by atoms with Crippen molar-refractivity contribution in [1.29, 1.82) is 0 Å². The zero-order valence-corrected chi connectivity index (χ0v) is 12.9. The van der Waals surface area contributed by atoms with Crippen LogP contribution >= 0.6 is 0 Å². The minimum atomic E-state index is -0.902. The summed E-state index contributed by atoms with van der Waals surface area (Å²) in [5.74, 6) is -1.83. The van der Waals surface area contributed by atoms with Crippen molar-refractivity contribution >= 4 is 17.8 Å². The van der Waals surface area contributed by atoms with Gasteiger partial charge in [0.2, 0.25) is 11.8 Å². The molecule has 2 atom stereocenters. The third-order valence-electron chi connectivity index (χ3n) is 3.19. The van der Waals surface area contributed by atoms with Crippen LogP contribution in [0.15, 0.2) is 30.3 Å². The molecule has 0 aliphatic heterocycles. The Bertz CT molecular complexity index is 516. The third-order valence-corrected chi connectivity index (χ3v) is 3.19. The number of primary amides is 1. The molecule has 3 N–H and O–H groups in total. The van der Waals surface area contributed by atoms with Gasteiger partial charge in [-0.25, -0.2) is 0 Å². The predicted molar refractivity (Wildman–Crippen MR) is 81.7 cm³/mol. The topological polar surface area (TPSA) is 98.5 Å². The van der Waals surface area contributed by atoms with Crippen molar-refractivity contribution in [1.82, 2.24) is 5.32 Å². The first-order valence-electron chi connectivity index (χ1n) is 7.22. The summed E-state index contributed by atoms with van der Waals surface area (Å²) in [6, 6.07) is 8.26. The van der Waals surface area contributed by atoms with Crippen molar-refractivity contribution in [2.24, 2.45) is 11.7 Å². The standard InChI is InChI=1S/C16H22N2O4/c1-3-22-14(20)9-11(2)15(16(17)21)18-13(19)10-12-7-5-4-6-8-12/h4-8,11,15H,3,9-10H2,1-2H3,(H2,17,21)(H,18,19)/t11-,15+/m1/s1. The van der Waals surface area contributed by atoms with E-state index in [1.54, 1.807) is 13.8 Å². The van der Waals surface area contributed by atoms with Crippen molar-refractivity contribution in [3.8, 4) is 0 Å². The maximum atomic E-state index is 12.0. The smallest absolute Gasteiger partial charge is 0.306 e. The second kappa shape index (κ2) is 8.81. The summed E-state index contributed by atoms with van der Waals surface area (Å²) in [4.78, 5) is 35.0. The van der Waals surface area contributed by atoms with Crippen LogP contribution in [0.4, 0.5) is 0 Å². The molecule has 1 rings (SSSR count). The van der Waals surface area contributed by atoms with Crippen LogP contribution in [0.25, 0.3) is 0 Å². The lowest BCUT2D eigenvalue weighted by Gasteiger charge is -2.21. The van der Waals surface area contributed by atoms with Crippen LogP contribution in [0.3, 0.4) is 0 Å². The minimum Gasteiger partial charge on any atom is -0.466 e. The molecule has 120 valence electrons. The molecule has 0 bridgehead atoms. The quantitative estimate of drug-likeness (QED) is 0.694. The zero-order chi connectivity index (χ0) is 16.5. The van der Waals surface area contributed by atoms with Gasteiger partial charge >= 0.3 is 5.97 Å². The molecule has 1 aromatic carbocycles. The van der Waals surface area contributed by atoms with Gasteiger partial charge in [-0.1, -0.05) is 37.3 Å². The van der Waals surface area contributed by atoms with Crippen LogP contribution in [0.2, 0.25) is 0 Å². The normalized spacial score (nSPS) is 13.0. The zero-order valence-electron chi connectivity index (χ0n) is 12.9. The lowest BCUT2D eigenvalue weighted by molar-refractivity contribution is -0.144. The van der Waals surface area contributed by atoms with Crippen molar-refractivity contribution < 1.29 is 19.1 Å². The van der Waals surface area contributed by atoms with Crippen molar-refractivity contribution in [3.63, 3.8) is 0 Å². The highest BCUT2D eigenvalue weighted by molar-refractivity contribution is 5.88. The molecule has 0 radical (unpaired) electrons. The van der Waals surface area contributed by atoms with Gasteiger partial charge in [0.15, 0.2) is 0 Å². The van der Waals surface area contributed by atoms with E-state index < -0.39 is 23.8 Å². The Morgan fingerprint density at radius 1 is 1.23 bits per heavy atom. The van der Waals surface area contributed by atoms with E-state index in [0.29, 0.717) is 0 Å². The summed E-state index contributed by atoms with van der Waals surface area (Å²) in [6.07, 6.45) is 0.170. The summed E-state index contributed by atoms with van der Waals surface area (Å²) < 4.78 is 4.84. The molecule has 2 amide bonds. The number of benzene rings is 1. The maximum Gasteiger partial charge on any atom is 0.306 e. The Balaban J connectivity index is 2.61. The van der Waals surface area contributed by atoms with Crippen LogP contribution < -0.4 is 11.1 Å². The number of rotatable bonds is 8. The van der Waals surface area contributed by atoms with E-state index in [-0.39, 0.29) is 25.4 Å². The number of esters is 1. The fourth-order valence-corrected chi connectivity index (χ4v) is 2.10. The molecule has 6 heteroatoms. The summed E-state index contributed by atoms with van der Waals surface area (Å²) in [5.41, 5.74) is 6.16. The van der Waals surface area contributed by atoms with Gasteiger partial charge in [0.25, 0.3) is 0 Å². The number of nitrogens with one attached hydrogen (secondary N) is 1. The summed E-state index contributed by atoms with van der Waals surface area (Å²) >= 11 is 0. The van der Waals surface area contributed by atoms with E-state index in [2.05, 4.69) is 5.32 Å². The highest BCUT2D eigenvalue weighted by Crippen LogP contribution is 2.10. The number of carbonyl (C=O) groups is 3. The molecule has 1 aromatic rings. The molecule has 0 heterocycles. The average Bonchev–Trinajstić information content (AvgIpc) is 2.45. The van der Waals surface area contributed by atoms with Crippen LogP contribution in [0.5, 0.6) is 0 Å². The fraction of sp³-hybridized carbons (Fsp3) is 0.438. The Morgan fingerprint density at radius 3 is 2.41 bits per heavy atom. The van der Waals surface area contributed by atoms with Crippen LogP contribution in [0.1, 0.15) is 25.8 Å². The Morgan fingerprint density at radius 2 is 1.86 bits per heavy atom. The molecule has 0 saturated carbocycles. The largest absolute Gasteiger partial charge is 0.466 e. The molecule has 0 aromatic heterocycles. The van der Waals surface area contributed by atoms with Crippen LogP contribution in [0, 0.1) is 5.92 Å². The number of nitrogens with two attached hydrogens (primary N) is 1. The molecular formula is C16H22N2O4. The number of hydrogen-bond donors (Lipinski definition) is 2. The first-order valence-corrected chi connectivity index (χ1v) is 7.22. The van der Waals surface area contributed by atoms with Gasteiger partial charge in [-0.3, -0.25) is 14.4 Å². The van der Waals surface area contributed by atoms with Crippen LogP contribution in [-0.4, -0.2) is 30.4 Å². The van der Waals surface area contributed by atoms with Crippen molar-refractivity contribution in [2.75, 3.05) is 6.61 Å². The first-order chi connectivity index (χ1) is 10.4. The van der Waals surface area contributed by atoms with Gasteiger partial charge in [-0.2, -0.15) is 0 Å². The minimum absolute atomic E-state index is 0.0209. The Hall–Kier alpha value is -2.37. The number of hydrogen-bond acceptors (Lipinski definition) is 4. The van der Waals surface area contributed by atoms with Gasteiger partial charge < -0.3 is 15.8 Å². The molecule has 0 aliphatic rings. The Kier molecular flexibility index (Phi) is 7.08. The van der Waals surface area contributed by atoms with E-state index in [0.717, 1.165) is 5.56 Å². The SMILES string of the molecule is CCOC(=O)C[C@@H](C)[C@H](NC(=O)Cc1ccccc1)C(N)=O. The summed E-state index contributed by atoms with van der Waals surface area (Å²) in [5, 5.41) is 2.59. The van der Waals surface area contributed by atoms with Gasteiger partial charge in [-0.05, 0) is 18.4 Å². The van der Waals surface area contributed by atoms with Gasteiger partial charge in [0.1, 0.15) is 6.04 Å².